The van der Waals surface area contributed by atoms with Crippen LogP contribution in [0.3, 0.4) is 0 Å². The number of aliphatic hydroxyl groups is 1. The predicted molar refractivity (Wildman–Crippen MR) is 349 cm³/mol. The second-order valence-electron chi connectivity index (χ2n) is 26.0. The predicted octanol–water partition coefficient (Wildman–Crippen LogP) is 22.0. The number of nitrogens with one attached hydrogen (secondary N) is 1. The number of rotatable bonds is 67. The third-order valence-corrected chi connectivity index (χ3v) is 17.7. The molecule has 9 heteroatoms. The lowest BCUT2D eigenvalue weighted by atomic mass is 10.0. The summed E-state index contributed by atoms with van der Waals surface area (Å²) < 4.78 is 23.5. The van der Waals surface area contributed by atoms with Crippen LogP contribution in [0.15, 0.2) is 24.3 Å². The van der Waals surface area contributed by atoms with Crippen molar-refractivity contribution in [2.45, 2.75) is 386 Å². The standard InChI is InChI=1S/C71H141N2O6P/c1-6-8-10-12-14-16-18-20-22-24-26-28-30-31-32-33-34-35-36-37-38-39-40-41-43-45-47-49-51-53-55-57-59-61-63-65-71(75)72-69(68-79-80(76,77)78-67-66-73(3,4)5)70(74)64-62-60-58-56-54-52-50-48-46-44-42-29-27-25-23-21-19-17-15-13-11-9-7-2/h30-31,33-34,69-70,74H,6-29,32,35-68H2,1-5H3,(H-,72,75,76,77)/b31-30-,34-33-. The first-order valence-corrected chi connectivity index (χ1v) is 37.1. The molecule has 2 N–H and O–H groups in total. The molecule has 3 unspecified atom stereocenters. The van der Waals surface area contributed by atoms with Crippen LogP contribution in [0.25, 0.3) is 0 Å². The lowest BCUT2D eigenvalue weighted by Crippen LogP contribution is -2.46. The first-order chi connectivity index (χ1) is 39.0. The summed E-state index contributed by atoms with van der Waals surface area (Å²) >= 11 is 0. The second-order valence-corrected chi connectivity index (χ2v) is 27.4. The molecule has 0 aromatic heterocycles. The van der Waals surface area contributed by atoms with Gasteiger partial charge >= 0.3 is 0 Å². The molecule has 0 aliphatic rings. The van der Waals surface area contributed by atoms with E-state index in [1.807, 2.05) is 21.1 Å². The fraction of sp³-hybridized carbons (Fsp3) is 0.930. The van der Waals surface area contributed by atoms with Crippen molar-refractivity contribution in [3.05, 3.63) is 24.3 Å². The van der Waals surface area contributed by atoms with Crippen molar-refractivity contribution in [1.29, 1.82) is 0 Å². The van der Waals surface area contributed by atoms with Crippen molar-refractivity contribution in [2.75, 3.05) is 40.9 Å². The maximum atomic E-state index is 13.1. The Hall–Kier alpha value is -1.02. The van der Waals surface area contributed by atoms with Gasteiger partial charge in [-0.25, -0.2) is 0 Å². The molecule has 0 spiro atoms. The van der Waals surface area contributed by atoms with Crippen LogP contribution in [-0.2, 0) is 18.4 Å². The summed E-state index contributed by atoms with van der Waals surface area (Å²) in [4.78, 5) is 25.7. The number of allylic oxidation sites excluding steroid dienone is 4. The summed E-state index contributed by atoms with van der Waals surface area (Å²) in [7, 11) is 1.32. The Morgan fingerprint density at radius 1 is 0.438 bits per heavy atom. The molecular weight excluding hydrogens is 1010 g/mol. The number of hydrogen-bond donors (Lipinski definition) is 2. The molecule has 8 nitrogen and oxygen atoms in total. The third kappa shape index (κ3) is 64.5. The molecule has 0 aliphatic carbocycles. The highest BCUT2D eigenvalue weighted by Crippen LogP contribution is 2.38. The van der Waals surface area contributed by atoms with E-state index in [9.17, 15) is 19.4 Å². The number of carbonyl (C=O) groups is 1. The van der Waals surface area contributed by atoms with Crippen LogP contribution in [0, 0.1) is 0 Å². The Morgan fingerprint density at radius 3 is 1.04 bits per heavy atom. The Bertz CT molecular complexity index is 1350. The number of aliphatic hydroxyl groups excluding tert-OH is 1. The van der Waals surface area contributed by atoms with Crippen LogP contribution in [-0.4, -0.2) is 68.5 Å². The highest BCUT2D eigenvalue weighted by atomic mass is 31.2. The molecule has 80 heavy (non-hydrogen) atoms. The number of phosphoric ester groups is 1. The van der Waals surface area contributed by atoms with Gasteiger partial charge in [0.15, 0.2) is 0 Å². The maximum Gasteiger partial charge on any atom is 0.268 e. The van der Waals surface area contributed by atoms with E-state index in [-0.39, 0.29) is 19.1 Å². The van der Waals surface area contributed by atoms with Gasteiger partial charge in [0.25, 0.3) is 7.82 Å². The molecular formula is C71H141N2O6P. The highest BCUT2D eigenvalue weighted by Gasteiger charge is 2.24. The first kappa shape index (κ1) is 79.0. The molecule has 0 aromatic carbocycles. The van der Waals surface area contributed by atoms with Gasteiger partial charge in [0.05, 0.1) is 39.9 Å². The summed E-state index contributed by atoms with van der Waals surface area (Å²) in [5.41, 5.74) is 0. The van der Waals surface area contributed by atoms with Crippen molar-refractivity contribution in [3.63, 3.8) is 0 Å². The summed E-state index contributed by atoms with van der Waals surface area (Å²) in [5, 5.41) is 14.1. The highest BCUT2D eigenvalue weighted by molar-refractivity contribution is 7.45. The minimum atomic E-state index is -4.58. The van der Waals surface area contributed by atoms with Gasteiger partial charge in [0, 0.05) is 6.42 Å². The number of nitrogens with zero attached hydrogens (tertiary/aromatic N) is 1. The molecule has 0 fully saturated rings. The van der Waals surface area contributed by atoms with E-state index in [1.165, 1.54) is 302 Å². The van der Waals surface area contributed by atoms with Gasteiger partial charge in [0.1, 0.15) is 13.2 Å². The first-order valence-electron chi connectivity index (χ1n) is 35.7. The van der Waals surface area contributed by atoms with Gasteiger partial charge in [-0.2, -0.15) is 0 Å². The van der Waals surface area contributed by atoms with Crippen LogP contribution in [0.4, 0.5) is 0 Å². The minimum Gasteiger partial charge on any atom is -0.756 e. The smallest absolute Gasteiger partial charge is 0.268 e. The largest absolute Gasteiger partial charge is 0.756 e. The number of unbranched alkanes of at least 4 members (excludes halogenated alkanes) is 50. The molecule has 0 bridgehead atoms. The van der Waals surface area contributed by atoms with E-state index >= 15 is 0 Å². The zero-order valence-corrected chi connectivity index (χ0v) is 55.5. The average Bonchev–Trinajstić information content (AvgIpc) is 3.42. The van der Waals surface area contributed by atoms with Crippen molar-refractivity contribution in [2.24, 2.45) is 0 Å². The number of likely N-dealkylation sites (N-methyl/N-ethyl adjacent to an activating group) is 1. The molecule has 0 saturated carbocycles. The number of quaternary nitrogens is 1. The van der Waals surface area contributed by atoms with Gasteiger partial charge in [-0.3, -0.25) is 9.36 Å². The summed E-state index contributed by atoms with van der Waals surface area (Å²) in [6.07, 6.45) is 81.2. The summed E-state index contributed by atoms with van der Waals surface area (Å²) in [6.45, 7) is 4.79. The topological polar surface area (TPSA) is 108 Å². The van der Waals surface area contributed by atoms with E-state index in [4.69, 9.17) is 9.05 Å². The number of carbonyl (C=O) groups excluding carboxylic acids is 1. The fourth-order valence-electron chi connectivity index (χ4n) is 11.1. The van der Waals surface area contributed by atoms with Gasteiger partial charge in [0.2, 0.25) is 5.91 Å². The SMILES string of the molecule is CCCCCCCCCCCCC/C=C\C/C=C\CCCCCCCCCCCCCCCCCCCC(=O)NC(COP(=O)([O-])OCC[N+](C)(C)C)C(O)CCCCCCCCCCCCCCCCCCCCCCCCC. The molecule has 0 aliphatic heterocycles. The van der Waals surface area contributed by atoms with Crippen LogP contribution in [0.2, 0.25) is 0 Å². The van der Waals surface area contributed by atoms with E-state index in [1.54, 1.807) is 0 Å². The van der Waals surface area contributed by atoms with Crippen molar-refractivity contribution < 1.29 is 32.9 Å². The van der Waals surface area contributed by atoms with Gasteiger partial charge in [-0.05, 0) is 44.9 Å². The lowest BCUT2D eigenvalue weighted by molar-refractivity contribution is -0.870. The van der Waals surface area contributed by atoms with Crippen LogP contribution >= 0.6 is 7.82 Å². The number of amides is 1. The quantitative estimate of drug-likeness (QED) is 0.0272. The van der Waals surface area contributed by atoms with Crippen molar-refractivity contribution in [3.8, 4) is 0 Å². The molecule has 0 saturated heterocycles. The molecule has 0 radical (unpaired) electrons. The molecule has 0 rings (SSSR count). The minimum absolute atomic E-state index is 0.0147. The summed E-state index contributed by atoms with van der Waals surface area (Å²) in [6, 6.07) is -0.800. The Balaban J connectivity index is 3.97. The van der Waals surface area contributed by atoms with E-state index < -0.39 is 20.0 Å². The van der Waals surface area contributed by atoms with Crippen LogP contribution in [0.1, 0.15) is 373 Å². The molecule has 476 valence electrons. The van der Waals surface area contributed by atoms with Gasteiger partial charge in [-0.15, -0.1) is 0 Å². The van der Waals surface area contributed by atoms with E-state index in [2.05, 4.69) is 43.5 Å². The Kier molecular flexibility index (Phi) is 61.7. The van der Waals surface area contributed by atoms with Crippen LogP contribution < -0.4 is 10.2 Å². The lowest BCUT2D eigenvalue weighted by Gasteiger charge is -2.30. The zero-order valence-electron chi connectivity index (χ0n) is 54.6. The average molecular weight is 1150 g/mol. The maximum absolute atomic E-state index is 13.1. The van der Waals surface area contributed by atoms with Crippen molar-refractivity contribution >= 4 is 13.7 Å². The zero-order chi connectivity index (χ0) is 58.4. The van der Waals surface area contributed by atoms with Gasteiger partial charge < -0.3 is 28.8 Å². The van der Waals surface area contributed by atoms with E-state index in [0.29, 0.717) is 23.9 Å². The number of hydrogen-bond acceptors (Lipinski definition) is 6. The number of phosphoric acid groups is 1. The molecule has 0 aromatic rings. The monoisotopic (exact) mass is 1150 g/mol. The molecule has 3 atom stereocenters. The fourth-order valence-corrected chi connectivity index (χ4v) is 11.9. The molecule has 0 heterocycles. The molecule has 1 amide bonds. The normalized spacial score (nSPS) is 13.7. The third-order valence-electron chi connectivity index (χ3n) is 16.7. The van der Waals surface area contributed by atoms with E-state index in [0.717, 1.165) is 44.9 Å². The van der Waals surface area contributed by atoms with Gasteiger partial charge in [-0.1, -0.05) is 346 Å². The second kappa shape index (κ2) is 62.5. The summed E-state index contributed by atoms with van der Waals surface area (Å²) in [5.74, 6) is -0.157. The van der Waals surface area contributed by atoms with Crippen molar-refractivity contribution in [1.82, 2.24) is 5.32 Å². The Labute approximate surface area is 500 Å². The Morgan fingerprint density at radius 2 is 0.725 bits per heavy atom. The van der Waals surface area contributed by atoms with Crippen LogP contribution in [0.5, 0.6) is 0 Å².